The summed E-state index contributed by atoms with van der Waals surface area (Å²) < 4.78 is 0. The van der Waals surface area contributed by atoms with E-state index in [9.17, 15) is 5.41 Å². The standard InChI is InChI=1S/C14H29NP.C3H7.Ni/c1-12(2,3)11(15)10-16(13(4,5)6)14(7,8)9;1-3-2;/h10H2,1-9H3;3H,1-2H3;/q2*-1;+2/p+1. The molecule has 0 saturated carbocycles. The van der Waals surface area contributed by atoms with Gasteiger partial charge in [0.2, 0.25) is 0 Å². The molecule has 0 bridgehead atoms. The van der Waals surface area contributed by atoms with Crippen molar-refractivity contribution in [3.8, 4) is 0 Å². The first-order valence-corrected chi connectivity index (χ1v) is 9.04. The number of rotatable bonds is 2. The normalized spacial score (nSPS) is 12.4. The van der Waals surface area contributed by atoms with Crippen LogP contribution in [-0.2, 0) is 16.5 Å². The van der Waals surface area contributed by atoms with Gasteiger partial charge in [-0.3, -0.25) is 0 Å². The summed E-state index contributed by atoms with van der Waals surface area (Å²) in [6.07, 6.45) is 2.90. The van der Waals surface area contributed by atoms with Crippen molar-refractivity contribution in [1.82, 2.24) is 0 Å². The molecule has 1 nitrogen and oxygen atoms in total. The van der Waals surface area contributed by atoms with Crippen LogP contribution in [-0.4, -0.2) is 22.2 Å². The van der Waals surface area contributed by atoms with Gasteiger partial charge in [0.15, 0.2) is 0 Å². The van der Waals surface area contributed by atoms with E-state index in [2.05, 4.69) is 62.3 Å². The Balaban J connectivity index is -0.000000657. The van der Waals surface area contributed by atoms with Crippen molar-refractivity contribution in [3.63, 3.8) is 0 Å². The molecule has 0 aromatic heterocycles. The van der Waals surface area contributed by atoms with Gasteiger partial charge in [-0.25, -0.2) is 0 Å². The summed E-state index contributed by atoms with van der Waals surface area (Å²) >= 11 is 0. The molecule has 0 aliphatic rings. The molecule has 0 spiro atoms. The van der Waals surface area contributed by atoms with E-state index in [1.165, 1.54) is 0 Å². The molecule has 0 aliphatic carbocycles. The zero-order valence-electron chi connectivity index (χ0n) is 15.5. The van der Waals surface area contributed by atoms with Crippen LogP contribution in [0.1, 0.15) is 76.2 Å². The predicted molar refractivity (Wildman–Crippen MR) is 96.2 cm³/mol. The molecule has 0 radical (unpaired) electrons. The van der Waals surface area contributed by atoms with Gasteiger partial charge in [-0.05, 0) is 47.0 Å². The van der Waals surface area contributed by atoms with Crippen LogP contribution >= 0.6 is 7.92 Å². The average Bonchev–Trinajstić information content (AvgIpc) is 2.09. The first kappa shape index (κ1) is 25.5. The van der Waals surface area contributed by atoms with E-state index in [-0.39, 0.29) is 21.9 Å². The van der Waals surface area contributed by atoms with Crippen LogP contribution < -0.4 is 0 Å². The van der Waals surface area contributed by atoms with Gasteiger partial charge in [0.05, 0.1) is 16.5 Å². The molecule has 0 aliphatic heterocycles. The Kier molecular flexibility index (Phi) is 12.2. The molecule has 0 heterocycles. The molecular formula is C17H37NNiP+. The molecule has 0 rings (SSSR count). The van der Waals surface area contributed by atoms with Gasteiger partial charge in [-0.1, -0.05) is 20.8 Å². The third kappa shape index (κ3) is 11.3. The fraction of sp³-hybridized carbons (Fsp3) is 0.882. The Morgan fingerprint density at radius 1 is 0.850 bits per heavy atom. The van der Waals surface area contributed by atoms with E-state index in [0.29, 0.717) is 16.0 Å². The van der Waals surface area contributed by atoms with Gasteiger partial charge in [0.1, 0.15) is 0 Å². The molecule has 3 heteroatoms. The van der Waals surface area contributed by atoms with E-state index >= 15 is 0 Å². The molecular weight excluding hydrogens is 308 g/mol. The Bertz CT molecular complexity index is 252. The fourth-order valence-corrected chi connectivity index (χ4v) is 6.26. The Morgan fingerprint density at radius 3 is 1.25 bits per heavy atom. The summed E-state index contributed by atoms with van der Waals surface area (Å²) in [6, 6.07) is 0. The second-order valence-corrected chi connectivity index (χ2v) is 12.7. The first-order valence-electron chi connectivity index (χ1n) is 7.34. The first-order chi connectivity index (χ1) is 8.17. The summed E-state index contributed by atoms with van der Waals surface area (Å²) in [5.41, 5.74) is 0.595. The summed E-state index contributed by atoms with van der Waals surface area (Å²) in [5, 5.41) is 10.9. The van der Waals surface area contributed by atoms with Crippen molar-refractivity contribution < 1.29 is 16.5 Å². The summed E-state index contributed by atoms with van der Waals surface area (Å²) in [7, 11) is -0.644. The monoisotopic (exact) mass is 344 g/mol. The quantitative estimate of drug-likeness (QED) is 0.250. The van der Waals surface area contributed by atoms with Crippen LogP contribution in [0, 0.1) is 11.8 Å². The van der Waals surface area contributed by atoms with Crippen molar-refractivity contribution >= 4 is 13.6 Å². The van der Waals surface area contributed by atoms with Crippen LogP contribution in [0.2, 0.25) is 0 Å². The van der Waals surface area contributed by atoms with Gasteiger partial charge in [-0.2, -0.15) is 19.6 Å². The summed E-state index contributed by atoms with van der Waals surface area (Å²) in [6.45, 7) is 24.1. The van der Waals surface area contributed by atoms with Crippen molar-refractivity contribution in [2.75, 3.05) is 6.16 Å². The van der Waals surface area contributed by atoms with E-state index < -0.39 is 7.92 Å². The number of hydrogen-bond acceptors (Lipinski definition) is 0. The van der Waals surface area contributed by atoms with Crippen molar-refractivity contribution in [2.45, 2.75) is 86.5 Å². The van der Waals surface area contributed by atoms with E-state index in [4.69, 9.17) is 0 Å². The van der Waals surface area contributed by atoms with Crippen LogP contribution in [0.4, 0.5) is 0 Å². The maximum absolute atomic E-state index is 10.2. The minimum atomic E-state index is -0.644. The van der Waals surface area contributed by atoms with Crippen LogP contribution in [0.25, 0.3) is 5.41 Å². The largest absolute Gasteiger partial charge is 2.00 e. The van der Waals surface area contributed by atoms with Crippen LogP contribution in [0.15, 0.2) is 0 Å². The van der Waals surface area contributed by atoms with E-state index in [1.54, 1.807) is 0 Å². The van der Waals surface area contributed by atoms with Gasteiger partial charge in [-0.15, -0.1) is 0 Å². The second kappa shape index (κ2) is 9.58. The SMILES string of the molecule is CC(C)(C)C(=[N-])C[PH+](C(C)(C)C)C(C)(C)C.C[CH-]C.[Ni+2]. The fourth-order valence-electron chi connectivity index (χ4n) is 2.09. The molecule has 0 aromatic carbocycles. The maximum Gasteiger partial charge on any atom is 2.00 e. The molecule has 0 saturated heterocycles. The molecule has 0 fully saturated rings. The Labute approximate surface area is 140 Å². The summed E-state index contributed by atoms with van der Waals surface area (Å²) in [4.78, 5) is 0. The van der Waals surface area contributed by atoms with Gasteiger partial charge in [0, 0.05) is 7.92 Å². The second-order valence-electron chi connectivity index (χ2n) is 8.43. The van der Waals surface area contributed by atoms with E-state index in [0.717, 1.165) is 6.16 Å². The third-order valence-electron chi connectivity index (χ3n) is 3.02. The zero-order valence-corrected chi connectivity index (χ0v) is 17.5. The smallest absolute Gasteiger partial charge is 0.808 e. The number of nitrogens with zero attached hydrogens (tertiary/aromatic N) is 1. The van der Waals surface area contributed by atoms with Crippen LogP contribution in [0.3, 0.4) is 0 Å². The molecule has 0 amide bonds. The van der Waals surface area contributed by atoms with Crippen molar-refractivity contribution in [3.05, 3.63) is 11.8 Å². The number of hydrogen-bond donors (Lipinski definition) is 0. The predicted octanol–water partition coefficient (Wildman–Crippen LogP) is 6.08. The molecule has 0 atom stereocenters. The topological polar surface area (TPSA) is 22.3 Å². The zero-order chi connectivity index (χ0) is 16.1. The Hall–Kier alpha value is 0.594. The third-order valence-corrected chi connectivity index (χ3v) is 7.33. The average molecular weight is 345 g/mol. The van der Waals surface area contributed by atoms with E-state index in [1.807, 2.05) is 20.3 Å². The van der Waals surface area contributed by atoms with Crippen molar-refractivity contribution in [1.29, 1.82) is 0 Å². The van der Waals surface area contributed by atoms with Gasteiger partial charge in [0.25, 0.3) is 0 Å². The molecule has 0 unspecified atom stereocenters. The van der Waals surface area contributed by atoms with Gasteiger partial charge < -0.3 is 11.8 Å². The molecule has 0 aromatic rings. The molecule has 0 N–H and O–H groups in total. The Morgan fingerprint density at radius 2 is 1.10 bits per heavy atom. The summed E-state index contributed by atoms with van der Waals surface area (Å²) in [5.74, 6) is 0. The van der Waals surface area contributed by atoms with Crippen molar-refractivity contribution in [2.24, 2.45) is 5.41 Å². The minimum Gasteiger partial charge on any atom is -0.808 e. The van der Waals surface area contributed by atoms with Crippen LogP contribution in [0.5, 0.6) is 0 Å². The molecule has 20 heavy (non-hydrogen) atoms. The minimum absolute atomic E-state index is 0. The maximum atomic E-state index is 10.2. The van der Waals surface area contributed by atoms with Gasteiger partial charge >= 0.3 is 16.5 Å². The molecule has 124 valence electrons.